The summed E-state index contributed by atoms with van der Waals surface area (Å²) in [5, 5.41) is 1.79. The van der Waals surface area contributed by atoms with Gasteiger partial charge in [0.25, 0.3) is 0 Å². The van der Waals surface area contributed by atoms with Gasteiger partial charge in [-0.1, -0.05) is 37.1 Å². The van der Waals surface area contributed by atoms with E-state index < -0.39 is 0 Å². The van der Waals surface area contributed by atoms with E-state index in [1.54, 1.807) is 0 Å². The van der Waals surface area contributed by atoms with Crippen LogP contribution in [0.1, 0.15) is 37.9 Å². The van der Waals surface area contributed by atoms with Gasteiger partial charge in [0.1, 0.15) is 5.76 Å². The quantitative estimate of drug-likeness (QED) is 0.874. The Morgan fingerprint density at radius 3 is 2.95 bits per heavy atom. The van der Waals surface area contributed by atoms with Crippen LogP contribution in [0.15, 0.2) is 28.7 Å². The van der Waals surface area contributed by atoms with E-state index in [1.165, 1.54) is 19.3 Å². The third-order valence-electron chi connectivity index (χ3n) is 4.44. The molecule has 1 aliphatic rings. The zero-order chi connectivity index (χ0) is 13.4. The van der Waals surface area contributed by atoms with E-state index in [-0.39, 0.29) is 0 Å². The van der Waals surface area contributed by atoms with E-state index in [1.807, 2.05) is 12.1 Å². The molecule has 19 heavy (non-hydrogen) atoms. The fourth-order valence-corrected chi connectivity index (χ4v) is 3.52. The monoisotopic (exact) mass is 277 g/mol. The molecule has 1 aromatic carbocycles. The highest BCUT2D eigenvalue weighted by molar-refractivity contribution is 6.34. The van der Waals surface area contributed by atoms with E-state index in [2.05, 4.69) is 19.1 Å². The number of hydrogen-bond acceptors (Lipinski definition) is 2. The smallest absolute Gasteiger partial charge is 0.152 e. The Morgan fingerprint density at radius 1 is 1.37 bits per heavy atom. The predicted molar refractivity (Wildman–Crippen MR) is 79.5 cm³/mol. The minimum absolute atomic E-state index is 0.442. The van der Waals surface area contributed by atoms with Crippen molar-refractivity contribution in [2.75, 3.05) is 6.54 Å². The zero-order valence-corrected chi connectivity index (χ0v) is 12.0. The minimum Gasteiger partial charge on any atom is -0.459 e. The molecule has 3 heteroatoms. The average molecular weight is 278 g/mol. The molecule has 1 aliphatic carbocycles. The molecule has 0 amide bonds. The van der Waals surface area contributed by atoms with Crippen molar-refractivity contribution in [3.63, 3.8) is 0 Å². The molecular formula is C16H20ClNO. The van der Waals surface area contributed by atoms with Crippen LogP contribution in [0, 0.1) is 11.8 Å². The molecular weight excluding hydrogens is 258 g/mol. The summed E-state index contributed by atoms with van der Waals surface area (Å²) in [6.45, 7) is 3.05. The average Bonchev–Trinajstić information content (AvgIpc) is 2.84. The van der Waals surface area contributed by atoms with Crippen LogP contribution in [-0.2, 0) is 0 Å². The maximum absolute atomic E-state index is 6.19. The Morgan fingerprint density at radius 2 is 2.21 bits per heavy atom. The Labute approximate surface area is 118 Å². The maximum atomic E-state index is 6.19. The predicted octanol–water partition coefficient (Wildman–Crippen LogP) is 4.56. The Hall–Kier alpha value is -0.990. The third-order valence-corrected chi connectivity index (χ3v) is 4.74. The normalized spacial score (nSPS) is 27.8. The molecule has 0 spiro atoms. The summed E-state index contributed by atoms with van der Waals surface area (Å²) in [6.07, 6.45) is 3.64. The largest absolute Gasteiger partial charge is 0.459 e. The maximum Gasteiger partial charge on any atom is 0.152 e. The fourth-order valence-electron chi connectivity index (χ4n) is 3.30. The first-order valence-corrected chi connectivity index (χ1v) is 7.45. The third kappa shape index (κ3) is 2.39. The van der Waals surface area contributed by atoms with E-state index >= 15 is 0 Å². The number of halogens is 1. The molecule has 1 heterocycles. The Bertz CT molecular complexity index is 577. The highest BCUT2D eigenvalue weighted by Gasteiger charge is 2.31. The fraction of sp³-hybridized carbons (Fsp3) is 0.500. The summed E-state index contributed by atoms with van der Waals surface area (Å²) in [5.41, 5.74) is 6.75. The number of para-hydroxylation sites is 1. The van der Waals surface area contributed by atoms with Crippen LogP contribution in [0.4, 0.5) is 0 Å². The molecule has 0 aliphatic heterocycles. The number of fused-ring (bicyclic) bond motifs is 1. The second-order valence-corrected chi connectivity index (χ2v) is 6.23. The van der Waals surface area contributed by atoms with Crippen molar-refractivity contribution < 1.29 is 4.42 Å². The highest BCUT2D eigenvalue weighted by atomic mass is 35.5. The number of hydrogen-bond donors (Lipinski definition) is 1. The van der Waals surface area contributed by atoms with Crippen molar-refractivity contribution in [3.05, 3.63) is 35.0 Å². The lowest BCUT2D eigenvalue weighted by Gasteiger charge is -2.32. The van der Waals surface area contributed by atoms with Gasteiger partial charge in [-0.25, -0.2) is 0 Å². The van der Waals surface area contributed by atoms with Crippen LogP contribution >= 0.6 is 11.6 Å². The Balaban J connectivity index is 1.99. The standard InChI is InChI=1S/C16H20ClNO/c1-10-5-6-12(9-18)13(7-10)15-8-11-3-2-4-14(17)16(11)19-15/h2-4,8,10,12-13H,5-7,9,18H2,1H3. The molecule has 2 N–H and O–H groups in total. The first-order valence-electron chi connectivity index (χ1n) is 7.07. The van der Waals surface area contributed by atoms with Crippen LogP contribution in [0.25, 0.3) is 11.0 Å². The van der Waals surface area contributed by atoms with E-state index in [4.69, 9.17) is 21.8 Å². The van der Waals surface area contributed by atoms with Crippen molar-refractivity contribution in [3.8, 4) is 0 Å². The molecule has 1 aromatic heterocycles. The topological polar surface area (TPSA) is 39.2 Å². The summed E-state index contributed by atoms with van der Waals surface area (Å²) in [5.74, 6) is 2.79. The van der Waals surface area contributed by atoms with Gasteiger partial charge in [0.15, 0.2) is 5.58 Å². The molecule has 0 bridgehead atoms. The lowest BCUT2D eigenvalue weighted by Crippen LogP contribution is -2.27. The molecule has 3 atom stereocenters. The summed E-state index contributed by atoms with van der Waals surface area (Å²) in [6, 6.07) is 8.04. The lowest BCUT2D eigenvalue weighted by molar-refractivity contribution is 0.231. The van der Waals surface area contributed by atoms with Gasteiger partial charge in [-0.05, 0) is 43.4 Å². The zero-order valence-electron chi connectivity index (χ0n) is 11.2. The van der Waals surface area contributed by atoms with Gasteiger partial charge >= 0.3 is 0 Å². The molecule has 1 fully saturated rings. The van der Waals surface area contributed by atoms with Gasteiger partial charge in [-0.3, -0.25) is 0 Å². The summed E-state index contributed by atoms with van der Waals surface area (Å²) in [4.78, 5) is 0. The highest BCUT2D eigenvalue weighted by Crippen LogP contribution is 2.42. The second kappa shape index (κ2) is 5.18. The van der Waals surface area contributed by atoms with E-state index in [0.29, 0.717) is 16.9 Å². The molecule has 3 rings (SSSR count). The van der Waals surface area contributed by atoms with Gasteiger partial charge < -0.3 is 10.2 Å². The Kier molecular flexibility index (Phi) is 3.55. The SMILES string of the molecule is CC1CCC(CN)C(c2cc3cccc(Cl)c3o2)C1. The summed E-state index contributed by atoms with van der Waals surface area (Å²) < 4.78 is 6.03. The molecule has 0 saturated heterocycles. The number of furan rings is 1. The van der Waals surface area contributed by atoms with Crippen molar-refractivity contribution in [1.29, 1.82) is 0 Å². The van der Waals surface area contributed by atoms with Crippen LogP contribution in [0.2, 0.25) is 5.02 Å². The van der Waals surface area contributed by atoms with Gasteiger partial charge in [-0.15, -0.1) is 0 Å². The van der Waals surface area contributed by atoms with Crippen LogP contribution < -0.4 is 5.73 Å². The summed E-state index contributed by atoms with van der Waals surface area (Å²) in [7, 11) is 0. The van der Waals surface area contributed by atoms with Crippen molar-refractivity contribution in [2.24, 2.45) is 17.6 Å². The number of benzene rings is 1. The van der Waals surface area contributed by atoms with Gasteiger partial charge in [0, 0.05) is 11.3 Å². The minimum atomic E-state index is 0.442. The lowest BCUT2D eigenvalue weighted by atomic mass is 9.73. The van der Waals surface area contributed by atoms with Gasteiger partial charge in [0.2, 0.25) is 0 Å². The molecule has 1 saturated carbocycles. The number of nitrogens with two attached hydrogens (primary N) is 1. The van der Waals surface area contributed by atoms with Crippen molar-refractivity contribution >= 4 is 22.6 Å². The number of rotatable bonds is 2. The van der Waals surface area contributed by atoms with E-state index in [0.717, 1.165) is 29.2 Å². The second-order valence-electron chi connectivity index (χ2n) is 5.83. The molecule has 2 nitrogen and oxygen atoms in total. The molecule has 102 valence electrons. The molecule has 0 radical (unpaired) electrons. The van der Waals surface area contributed by atoms with Crippen LogP contribution in [-0.4, -0.2) is 6.54 Å². The molecule has 2 aromatic rings. The molecule has 3 unspecified atom stereocenters. The van der Waals surface area contributed by atoms with Crippen molar-refractivity contribution in [2.45, 2.75) is 32.1 Å². The van der Waals surface area contributed by atoms with Crippen LogP contribution in [0.3, 0.4) is 0 Å². The van der Waals surface area contributed by atoms with Crippen molar-refractivity contribution in [1.82, 2.24) is 0 Å². The first kappa shape index (κ1) is 13.0. The van der Waals surface area contributed by atoms with Gasteiger partial charge in [0.05, 0.1) is 5.02 Å². The summed E-state index contributed by atoms with van der Waals surface area (Å²) >= 11 is 6.19. The van der Waals surface area contributed by atoms with E-state index in [9.17, 15) is 0 Å². The van der Waals surface area contributed by atoms with Crippen LogP contribution in [0.5, 0.6) is 0 Å². The first-order chi connectivity index (χ1) is 9.19. The van der Waals surface area contributed by atoms with Gasteiger partial charge in [-0.2, -0.15) is 0 Å².